The molecule has 0 heterocycles. The van der Waals surface area contributed by atoms with E-state index in [4.69, 9.17) is 4.74 Å². The Balaban J connectivity index is 2.17. The second kappa shape index (κ2) is 10.1. The van der Waals surface area contributed by atoms with Crippen molar-refractivity contribution in [3.05, 3.63) is 62.1 Å². The van der Waals surface area contributed by atoms with E-state index in [1.807, 2.05) is 6.07 Å². The highest BCUT2D eigenvalue weighted by molar-refractivity contribution is 9.10. The number of hydrogen-bond donors (Lipinski definition) is 1. The average Bonchev–Trinajstić information content (AvgIpc) is 2.64. The van der Waals surface area contributed by atoms with Gasteiger partial charge in [-0.3, -0.25) is 14.9 Å². The van der Waals surface area contributed by atoms with Gasteiger partial charge >= 0.3 is 0 Å². The SMILES string of the molecule is CCCCCCOc1ccc(Br)cc1C(=O)Nc1cccc([N+](=O)[O-])c1C. The first kappa shape index (κ1) is 20.9. The van der Waals surface area contributed by atoms with E-state index in [1.54, 1.807) is 31.2 Å². The molecular weight excluding hydrogens is 412 g/mol. The van der Waals surface area contributed by atoms with E-state index in [-0.39, 0.29) is 11.6 Å². The molecule has 0 saturated carbocycles. The third-order valence-corrected chi connectivity index (χ3v) is 4.69. The van der Waals surface area contributed by atoms with Crippen molar-refractivity contribution in [3.63, 3.8) is 0 Å². The summed E-state index contributed by atoms with van der Waals surface area (Å²) in [7, 11) is 0. The quantitative estimate of drug-likeness (QED) is 0.303. The summed E-state index contributed by atoms with van der Waals surface area (Å²) < 4.78 is 6.55. The van der Waals surface area contributed by atoms with Gasteiger partial charge in [-0.15, -0.1) is 0 Å². The predicted octanol–water partition coefficient (Wildman–Crippen LogP) is 5.88. The minimum absolute atomic E-state index is 0.0329. The van der Waals surface area contributed by atoms with Gasteiger partial charge < -0.3 is 10.1 Å². The lowest BCUT2D eigenvalue weighted by Gasteiger charge is -2.13. The molecule has 0 aliphatic heterocycles. The zero-order chi connectivity index (χ0) is 19.8. The van der Waals surface area contributed by atoms with Gasteiger partial charge in [0.1, 0.15) is 5.75 Å². The number of nitrogens with zero attached hydrogens (tertiary/aromatic N) is 1. The number of hydrogen-bond acceptors (Lipinski definition) is 4. The topological polar surface area (TPSA) is 81.5 Å². The summed E-state index contributed by atoms with van der Waals surface area (Å²) in [4.78, 5) is 23.4. The third-order valence-electron chi connectivity index (χ3n) is 4.19. The van der Waals surface area contributed by atoms with Gasteiger partial charge in [-0.05, 0) is 37.6 Å². The van der Waals surface area contributed by atoms with Crippen molar-refractivity contribution in [1.29, 1.82) is 0 Å². The van der Waals surface area contributed by atoms with Crippen LogP contribution in [0.4, 0.5) is 11.4 Å². The number of anilines is 1. The van der Waals surface area contributed by atoms with Crippen molar-refractivity contribution in [1.82, 2.24) is 0 Å². The molecule has 0 bridgehead atoms. The van der Waals surface area contributed by atoms with Gasteiger partial charge in [0.05, 0.1) is 28.3 Å². The molecule has 0 aliphatic carbocycles. The maximum atomic E-state index is 12.8. The molecule has 0 radical (unpaired) electrons. The van der Waals surface area contributed by atoms with Gasteiger partial charge in [0.2, 0.25) is 0 Å². The smallest absolute Gasteiger partial charge is 0.274 e. The molecule has 0 atom stereocenters. The predicted molar refractivity (Wildman–Crippen MR) is 110 cm³/mol. The van der Waals surface area contributed by atoms with Gasteiger partial charge in [0.25, 0.3) is 11.6 Å². The molecule has 0 aromatic heterocycles. The first-order valence-corrected chi connectivity index (χ1v) is 9.71. The first-order valence-electron chi connectivity index (χ1n) is 8.91. The molecule has 0 fully saturated rings. The second-order valence-corrected chi connectivity index (χ2v) is 7.13. The van der Waals surface area contributed by atoms with Crippen LogP contribution < -0.4 is 10.1 Å². The van der Waals surface area contributed by atoms with Crippen LogP contribution in [0.15, 0.2) is 40.9 Å². The van der Waals surface area contributed by atoms with Crippen LogP contribution in [0.25, 0.3) is 0 Å². The summed E-state index contributed by atoms with van der Waals surface area (Å²) in [5.74, 6) is 0.124. The number of nitro groups is 1. The van der Waals surface area contributed by atoms with Gasteiger partial charge in [-0.1, -0.05) is 48.2 Å². The largest absolute Gasteiger partial charge is 0.493 e. The van der Waals surface area contributed by atoms with E-state index in [9.17, 15) is 14.9 Å². The number of amides is 1. The van der Waals surface area contributed by atoms with E-state index in [2.05, 4.69) is 28.2 Å². The fraction of sp³-hybridized carbons (Fsp3) is 0.350. The Labute approximate surface area is 167 Å². The van der Waals surface area contributed by atoms with Crippen molar-refractivity contribution in [3.8, 4) is 5.75 Å². The highest BCUT2D eigenvalue weighted by Crippen LogP contribution is 2.28. The van der Waals surface area contributed by atoms with Gasteiger partial charge in [-0.25, -0.2) is 0 Å². The standard InChI is InChI=1S/C20H23BrN2O4/c1-3-4-5-6-12-27-19-11-10-15(21)13-16(19)20(24)22-17-8-7-9-18(14(17)2)23(25)26/h7-11,13H,3-6,12H2,1-2H3,(H,22,24). The molecule has 1 amide bonds. The molecule has 0 unspecified atom stereocenters. The molecular formula is C20H23BrN2O4. The van der Waals surface area contributed by atoms with Crippen LogP contribution in [-0.4, -0.2) is 17.4 Å². The molecule has 0 spiro atoms. The third kappa shape index (κ3) is 5.79. The number of unbranched alkanes of at least 4 members (excludes halogenated alkanes) is 3. The van der Waals surface area contributed by atoms with Gasteiger partial charge in [-0.2, -0.15) is 0 Å². The molecule has 0 saturated heterocycles. The molecule has 2 aromatic carbocycles. The number of nitro benzene ring substituents is 1. The fourth-order valence-electron chi connectivity index (χ4n) is 2.66. The Hall–Kier alpha value is -2.41. The minimum Gasteiger partial charge on any atom is -0.493 e. The van der Waals surface area contributed by atoms with Crippen LogP contribution in [0.2, 0.25) is 0 Å². The molecule has 2 aromatic rings. The Morgan fingerprint density at radius 3 is 2.70 bits per heavy atom. The van der Waals surface area contributed by atoms with Crippen LogP contribution >= 0.6 is 15.9 Å². The molecule has 6 nitrogen and oxygen atoms in total. The van der Waals surface area contributed by atoms with Crippen LogP contribution in [0.5, 0.6) is 5.75 Å². The average molecular weight is 435 g/mol. The number of carbonyl (C=O) groups excluding carboxylic acids is 1. The first-order chi connectivity index (χ1) is 12.9. The number of ether oxygens (including phenoxy) is 1. The number of rotatable bonds is 9. The minimum atomic E-state index is -0.463. The van der Waals surface area contributed by atoms with Crippen molar-refractivity contribution in [2.45, 2.75) is 39.5 Å². The summed E-state index contributed by atoms with van der Waals surface area (Å²) in [6, 6.07) is 9.85. The van der Waals surface area contributed by atoms with Crippen LogP contribution in [0, 0.1) is 17.0 Å². The number of benzene rings is 2. The summed E-state index contributed by atoms with van der Waals surface area (Å²) in [6.07, 6.45) is 4.31. The van der Waals surface area contributed by atoms with Crippen LogP contribution in [0.1, 0.15) is 48.5 Å². The van der Waals surface area contributed by atoms with E-state index in [0.29, 0.717) is 29.2 Å². The highest BCUT2D eigenvalue weighted by Gasteiger charge is 2.18. The van der Waals surface area contributed by atoms with E-state index in [1.165, 1.54) is 6.07 Å². The number of nitrogens with one attached hydrogen (secondary N) is 1. The molecule has 7 heteroatoms. The summed E-state index contributed by atoms with van der Waals surface area (Å²) in [6.45, 7) is 4.30. The summed E-state index contributed by atoms with van der Waals surface area (Å²) >= 11 is 3.37. The molecule has 2 rings (SSSR count). The normalized spacial score (nSPS) is 10.5. The highest BCUT2D eigenvalue weighted by atomic mass is 79.9. The summed E-state index contributed by atoms with van der Waals surface area (Å²) in [5, 5.41) is 13.8. The Kier molecular flexibility index (Phi) is 7.79. The van der Waals surface area contributed by atoms with Crippen molar-refractivity contribution >= 4 is 33.2 Å². The van der Waals surface area contributed by atoms with E-state index >= 15 is 0 Å². The Morgan fingerprint density at radius 2 is 2.00 bits per heavy atom. The molecule has 27 heavy (non-hydrogen) atoms. The lowest BCUT2D eigenvalue weighted by Crippen LogP contribution is -2.15. The van der Waals surface area contributed by atoms with E-state index < -0.39 is 4.92 Å². The monoisotopic (exact) mass is 434 g/mol. The van der Waals surface area contributed by atoms with Crippen LogP contribution in [-0.2, 0) is 0 Å². The van der Waals surface area contributed by atoms with Crippen molar-refractivity contribution in [2.75, 3.05) is 11.9 Å². The Bertz CT molecular complexity index is 824. The maximum absolute atomic E-state index is 12.8. The van der Waals surface area contributed by atoms with Crippen molar-refractivity contribution in [2.24, 2.45) is 0 Å². The van der Waals surface area contributed by atoms with Gasteiger partial charge in [0, 0.05) is 10.5 Å². The molecule has 0 aliphatic rings. The molecule has 1 N–H and O–H groups in total. The summed E-state index contributed by atoms with van der Waals surface area (Å²) in [5.41, 5.74) is 1.16. The van der Waals surface area contributed by atoms with E-state index in [0.717, 1.165) is 30.2 Å². The zero-order valence-electron chi connectivity index (χ0n) is 15.5. The lowest BCUT2D eigenvalue weighted by atomic mass is 10.1. The lowest BCUT2D eigenvalue weighted by molar-refractivity contribution is -0.385. The fourth-order valence-corrected chi connectivity index (χ4v) is 3.02. The Morgan fingerprint density at radius 1 is 1.22 bits per heavy atom. The van der Waals surface area contributed by atoms with Crippen LogP contribution in [0.3, 0.4) is 0 Å². The number of carbonyl (C=O) groups is 1. The number of halogens is 1. The maximum Gasteiger partial charge on any atom is 0.274 e. The van der Waals surface area contributed by atoms with Gasteiger partial charge in [0.15, 0.2) is 0 Å². The molecule has 144 valence electrons. The zero-order valence-corrected chi connectivity index (χ0v) is 17.0. The second-order valence-electron chi connectivity index (χ2n) is 6.21. The van der Waals surface area contributed by atoms with Crippen molar-refractivity contribution < 1.29 is 14.5 Å².